The number of urea groups is 1. The molecule has 2 atom stereocenters. The number of aliphatic hydroxyl groups excluding tert-OH is 1. The molecule has 0 spiro atoms. The molecule has 0 heterocycles. The number of rotatable bonds is 6. The van der Waals surface area contributed by atoms with Gasteiger partial charge in [-0.05, 0) is 37.0 Å². The van der Waals surface area contributed by atoms with E-state index in [1.807, 2.05) is 13.8 Å². The molecule has 2 N–H and O–H groups in total. The van der Waals surface area contributed by atoms with E-state index < -0.39 is 23.9 Å². The molecule has 0 fully saturated rings. The second-order valence-corrected chi connectivity index (χ2v) is 6.35. The molecule has 1 aromatic rings. The summed E-state index contributed by atoms with van der Waals surface area (Å²) < 4.78 is 38.6. The van der Waals surface area contributed by atoms with E-state index in [0.29, 0.717) is 18.5 Å². The predicted molar refractivity (Wildman–Crippen MR) is 86.5 cm³/mol. The molecule has 0 bridgehead atoms. The average Bonchev–Trinajstić information content (AvgIpc) is 2.48. The highest BCUT2D eigenvalue weighted by molar-refractivity contribution is 5.74. The fourth-order valence-electron chi connectivity index (χ4n) is 2.27. The van der Waals surface area contributed by atoms with Crippen molar-refractivity contribution >= 4 is 6.03 Å². The molecule has 0 aliphatic carbocycles. The second-order valence-electron chi connectivity index (χ2n) is 6.35. The maximum absolute atomic E-state index is 12.9. The zero-order valence-electron chi connectivity index (χ0n) is 14.4. The maximum atomic E-state index is 12.9. The summed E-state index contributed by atoms with van der Waals surface area (Å²) in [5.74, 6) is -0.0809. The van der Waals surface area contributed by atoms with Crippen LogP contribution in [-0.2, 0) is 6.18 Å². The first-order chi connectivity index (χ1) is 11.0. The van der Waals surface area contributed by atoms with Gasteiger partial charge in [-0.1, -0.05) is 26.0 Å². The lowest BCUT2D eigenvalue weighted by molar-refractivity contribution is -0.137. The summed E-state index contributed by atoms with van der Waals surface area (Å²) >= 11 is 0. The van der Waals surface area contributed by atoms with Gasteiger partial charge in [0, 0.05) is 13.6 Å². The zero-order valence-corrected chi connectivity index (χ0v) is 14.4. The van der Waals surface area contributed by atoms with Crippen LogP contribution in [0, 0.1) is 5.92 Å². The van der Waals surface area contributed by atoms with E-state index in [1.165, 1.54) is 11.0 Å². The molecule has 2 unspecified atom stereocenters. The van der Waals surface area contributed by atoms with E-state index >= 15 is 0 Å². The summed E-state index contributed by atoms with van der Waals surface area (Å²) in [6, 6.07) is 4.09. The minimum atomic E-state index is -4.42. The second kappa shape index (κ2) is 8.37. The summed E-state index contributed by atoms with van der Waals surface area (Å²) in [7, 11) is 1.58. The van der Waals surface area contributed by atoms with Gasteiger partial charge in [0.25, 0.3) is 0 Å². The number of hydrogen-bond donors (Lipinski definition) is 2. The monoisotopic (exact) mass is 346 g/mol. The van der Waals surface area contributed by atoms with Gasteiger partial charge in [-0.3, -0.25) is 0 Å². The third kappa shape index (κ3) is 6.03. The Hall–Kier alpha value is -1.76. The fraction of sp³-hybridized carbons (Fsp3) is 0.588. The smallest absolute Gasteiger partial charge is 0.393 e. The van der Waals surface area contributed by atoms with Crippen molar-refractivity contribution in [1.29, 1.82) is 0 Å². The lowest BCUT2D eigenvalue weighted by Crippen LogP contribution is -2.41. The summed E-state index contributed by atoms with van der Waals surface area (Å²) in [4.78, 5) is 13.6. The Balaban J connectivity index is 2.90. The van der Waals surface area contributed by atoms with Gasteiger partial charge in [0.1, 0.15) is 0 Å². The molecule has 0 saturated carbocycles. The first-order valence-corrected chi connectivity index (χ1v) is 7.89. The van der Waals surface area contributed by atoms with Gasteiger partial charge < -0.3 is 15.3 Å². The first kappa shape index (κ1) is 20.3. The van der Waals surface area contributed by atoms with Crippen molar-refractivity contribution in [2.75, 3.05) is 13.6 Å². The number of carbonyl (C=O) groups is 1. The summed E-state index contributed by atoms with van der Waals surface area (Å²) in [6.45, 7) is 5.66. The normalized spacial score (nSPS) is 14.4. The molecule has 7 heteroatoms. The Morgan fingerprint density at radius 3 is 2.42 bits per heavy atom. The number of amides is 2. The standard InChI is InChI=1S/C17H25F3N2O2/c1-11(2)15(21-16(24)22(4)9-8-12(3)23)13-6-5-7-14(10-13)17(18,19)20/h5-7,10-12,15,23H,8-9H2,1-4H3,(H,21,24). The molecule has 0 radical (unpaired) electrons. The van der Waals surface area contributed by atoms with Crippen molar-refractivity contribution < 1.29 is 23.1 Å². The van der Waals surface area contributed by atoms with E-state index in [2.05, 4.69) is 5.32 Å². The van der Waals surface area contributed by atoms with Gasteiger partial charge in [-0.15, -0.1) is 0 Å². The molecule has 2 amide bonds. The summed E-state index contributed by atoms with van der Waals surface area (Å²) in [6.07, 6.45) is -4.51. The Labute approximate surface area is 140 Å². The van der Waals surface area contributed by atoms with Crippen LogP contribution in [-0.4, -0.2) is 35.7 Å². The Morgan fingerprint density at radius 2 is 1.92 bits per heavy atom. The quantitative estimate of drug-likeness (QED) is 0.823. The molecule has 136 valence electrons. The fourth-order valence-corrected chi connectivity index (χ4v) is 2.27. The highest BCUT2D eigenvalue weighted by Gasteiger charge is 2.31. The van der Waals surface area contributed by atoms with E-state index in [4.69, 9.17) is 0 Å². The summed E-state index contributed by atoms with van der Waals surface area (Å²) in [5.41, 5.74) is -0.320. The highest BCUT2D eigenvalue weighted by atomic mass is 19.4. The lowest BCUT2D eigenvalue weighted by atomic mass is 9.94. The molecule has 0 aromatic heterocycles. The number of hydrogen-bond acceptors (Lipinski definition) is 2. The number of nitrogens with one attached hydrogen (secondary N) is 1. The van der Waals surface area contributed by atoms with Gasteiger partial charge in [-0.25, -0.2) is 4.79 Å². The molecule has 1 rings (SSSR count). The average molecular weight is 346 g/mol. The number of carbonyl (C=O) groups excluding carboxylic acids is 1. The van der Waals surface area contributed by atoms with Crippen LogP contribution in [0.3, 0.4) is 0 Å². The minimum Gasteiger partial charge on any atom is -0.393 e. The van der Waals surface area contributed by atoms with Gasteiger partial charge in [-0.2, -0.15) is 13.2 Å². The van der Waals surface area contributed by atoms with Gasteiger partial charge in [0.05, 0.1) is 17.7 Å². The van der Waals surface area contributed by atoms with Crippen LogP contribution >= 0.6 is 0 Å². The molecule has 4 nitrogen and oxygen atoms in total. The number of halogens is 3. The van der Waals surface area contributed by atoms with Crippen molar-refractivity contribution in [2.45, 2.75) is 45.5 Å². The highest BCUT2D eigenvalue weighted by Crippen LogP contribution is 2.32. The minimum absolute atomic E-state index is 0.0809. The zero-order chi connectivity index (χ0) is 18.5. The Bertz CT molecular complexity index is 545. The lowest BCUT2D eigenvalue weighted by Gasteiger charge is -2.27. The van der Waals surface area contributed by atoms with Crippen molar-refractivity contribution in [1.82, 2.24) is 10.2 Å². The topological polar surface area (TPSA) is 52.6 Å². The molecular weight excluding hydrogens is 321 g/mol. The van der Waals surface area contributed by atoms with E-state index in [1.54, 1.807) is 20.0 Å². The van der Waals surface area contributed by atoms with Crippen LogP contribution in [0.25, 0.3) is 0 Å². The van der Waals surface area contributed by atoms with Crippen molar-refractivity contribution in [2.24, 2.45) is 5.92 Å². The van der Waals surface area contributed by atoms with Crippen molar-refractivity contribution in [3.8, 4) is 0 Å². The van der Waals surface area contributed by atoms with Gasteiger partial charge in [0.15, 0.2) is 0 Å². The van der Waals surface area contributed by atoms with Gasteiger partial charge in [0.2, 0.25) is 0 Å². The molecule has 24 heavy (non-hydrogen) atoms. The number of aliphatic hydroxyl groups is 1. The first-order valence-electron chi connectivity index (χ1n) is 7.89. The number of benzene rings is 1. The van der Waals surface area contributed by atoms with E-state index in [-0.39, 0.29) is 11.9 Å². The van der Waals surface area contributed by atoms with E-state index in [0.717, 1.165) is 12.1 Å². The predicted octanol–water partition coefficient (Wildman–Crippen LogP) is 3.81. The number of nitrogens with zero attached hydrogens (tertiary/aromatic N) is 1. The third-order valence-corrected chi connectivity index (χ3v) is 3.75. The van der Waals surface area contributed by atoms with Crippen LogP contribution in [0.5, 0.6) is 0 Å². The third-order valence-electron chi connectivity index (χ3n) is 3.75. The van der Waals surface area contributed by atoms with Crippen LogP contribution < -0.4 is 5.32 Å². The van der Waals surface area contributed by atoms with Crippen molar-refractivity contribution in [3.05, 3.63) is 35.4 Å². The molecular formula is C17H25F3N2O2. The molecule has 0 aliphatic heterocycles. The van der Waals surface area contributed by atoms with Crippen LogP contribution in [0.15, 0.2) is 24.3 Å². The van der Waals surface area contributed by atoms with Crippen LogP contribution in [0.1, 0.15) is 44.4 Å². The summed E-state index contributed by atoms with van der Waals surface area (Å²) in [5, 5.41) is 12.0. The number of alkyl halides is 3. The van der Waals surface area contributed by atoms with E-state index in [9.17, 15) is 23.1 Å². The molecule has 1 aromatic carbocycles. The van der Waals surface area contributed by atoms with Gasteiger partial charge >= 0.3 is 12.2 Å². The SMILES string of the molecule is CC(O)CCN(C)C(=O)NC(c1cccc(C(F)(F)F)c1)C(C)C. The van der Waals surface area contributed by atoms with Crippen LogP contribution in [0.4, 0.5) is 18.0 Å². The van der Waals surface area contributed by atoms with Crippen LogP contribution in [0.2, 0.25) is 0 Å². The Kier molecular flexibility index (Phi) is 7.08. The van der Waals surface area contributed by atoms with Crippen molar-refractivity contribution in [3.63, 3.8) is 0 Å². The molecule has 0 aliphatic rings. The molecule has 0 saturated heterocycles. The maximum Gasteiger partial charge on any atom is 0.416 e. The largest absolute Gasteiger partial charge is 0.416 e. The Morgan fingerprint density at radius 1 is 1.29 bits per heavy atom.